The van der Waals surface area contributed by atoms with Gasteiger partial charge in [0, 0.05) is 19.2 Å². The quantitative estimate of drug-likeness (QED) is 0.854. The molecule has 1 N–H and O–H groups in total. The molecule has 8 heteroatoms. The summed E-state index contributed by atoms with van der Waals surface area (Å²) in [5.74, 6) is 0.532. The lowest BCUT2D eigenvalue weighted by Gasteiger charge is -2.31. The molecule has 2 atom stereocenters. The molecule has 0 spiro atoms. The van der Waals surface area contributed by atoms with E-state index in [0.29, 0.717) is 31.1 Å². The van der Waals surface area contributed by atoms with Gasteiger partial charge < -0.3 is 9.84 Å². The first-order chi connectivity index (χ1) is 9.90. The maximum Gasteiger partial charge on any atom is 0.216 e. The van der Waals surface area contributed by atoms with Crippen molar-refractivity contribution in [2.24, 2.45) is 5.92 Å². The summed E-state index contributed by atoms with van der Waals surface area (Å²) in [5.41, 5.74) is 0.498. The third-order valence-electron chi connectivity index (χ3n) is 3.72. The average molecular weight is 315 g/mol. The summed E-state index contributed by atoms with van der Waals surface area (Å²) in [5, 5.41) is 10.3. The molecule has 1 fully saturated rings. The molecule has 1 saturated heterocycles. The number of hydrogen-bond acceptors (Lipinski definition) is 6. The molecule has 0 aliphatic carbocycles. The van der Waals surface area contributed by atoms with Gasteiger partial charge >= 0.3 is 0 Å². The number of aliphatic hydroxyl groups is 1. The van der Waals surface area contributed by atoms with Gasteiger partial charge in [0.05, 0.1) is 25.2 Å². The molecular weight excluding hydrogens is 294 g/mol. The zero-order chi connectivity index (χ0) is 15.5. The number of aliphatic hydroxyl groups excluding tert-OH is 1. The summed E-state index contributed by atoms with van der Waals surface area (Å²) in [4.78, 5) is 7.95. The molecule has 2 heterocycles. The van der Waals surface area contributed by atoms with Gasteiger partial charge in [-0.3, -0.25) is 0 Å². The number of nitrogens with zero attached hydrogens (tertiary/aromatic N) is 3. The first kappa shape index (κ1) is 16.1. The Kier molecular flexibility index (Phi) is 5.13. The maximum absolute atomic E-state index is 11.6. The first-order valence-electron chi connectivity index (χ1n) is 6.89. The van der Waals surface area contributed by atoms with Crippen LogP contribution in [-0.4, -0.2) is 54.3 Å². The zero-order valence-electron chi connectivity index (χ0n) is 12.3. The fourth-order valence-corrected chi connectivity index (χ4v) is 3.55. The van der Waals surface area contributed by atoms with Crippen LogP contribution in [0.25, 0.3) is 0 Å². The number of sulfonamides is 1. The lowest BCUT2D eigenvalue weighted by atomic mass is 9.92. The van der Waals surface area contributed by atoms with Gasteiger partial charge in [-0.2, -0.15) is 0 Å². The second-order valence-corrected chi connectivity index (χ2v) is 7.35. The largest absolute Gasteiger partial charge is 0.481 e. The maximum atomic E-state index is 11.6. The van der Waals surface area contributed by atoms with E-state index in [1.54, 1.807) is 6.07 Å². The Morgan fingerprint density at radius 2 is 2.29 bits per heavy atom. The molecule has 2 unspecified atom stereocenters. The second-order valence-electron chi connectivity index (χ2n) is 5.37. The highest BCUT2D eigenvalue weighted by Gasteiger charge is 2.28. The van der Waals surface area contributed by atoms with Gasteiger partial charge in [0.1, 0.15) is 6.33 Å². The van der Waals surface area contributed by atoms with Crippen molar-refractivity contribution in [2.75, 3.05) is 26.5 Å². The number of piperidine rings is 1. The highest BCUT2D eigenvalue weighted by atomic mass is 32.2. The van der Waals surface area contributed by atoms with Crippen molar-refractivity contribution in [3.8, 4) is 5.88 Å². The second kappa shape index (κ2) is 6.67. The van der Waals surface area contributed by atoms with Crippen molar-refractivity contribution < 1.29 is 18.3 Å². The minimum atomic E-state index is -3.16. The Hall–Kier alpha value is -1.25. The smallest absolute Gasteiger partial charge is 0.216 e. The lowest BCUT2D eigenvalue weighted by molar-refractivity contribution is 0.119. The number of methoxy groups -OCH3 is 1. The van der Waals surface area contributed by atoms with Crippen molar-refractivity contribution in [3.63, 3.8) is 0 Å². The third-order valence-corrected chi connectivity index (χ3v) is 4.99. The Bertz CT molecular complexity index is 579. The van der Waals surface area contributed by atoms with Gasteiger partial charge in [0.15, 0.2) is 0 Å². The molecule has 2 rings (SSSR count). The van der Waals surface area contributed by atoms with Gasteiger partial charge in [0.25, 0.3) is 0 Å². The summed E-state index contributed by atoms with van der Waals surface area (Å²) in [6.45, 7) is 1.02. The van der Waals surface area contributed by atoms with Crippen molar-refractivity contribution in [2.45, 2.75) is 25.4 Å². The molecule has 0 aromatic carbocycles. The average Bonchev–Trinajstić information content (AvgIpc) is 2.46. The fraction of sp³-hybridized carbons (Fsp3) is 0.692. The number of aromatic nitrogens is 2. The Morgan fingerprint density at radius 1 is 1.52 bits per heavy atom. The molecule has 118 valence electrons. The Balaban J connectivity index is 2.00. The van der Waals surface area contributed by atoms with Crippen molar-refractivity contribution in [1.29, 1.82) is 0 Å². The molecule has 1 aromatic heterocycles. The third kappa shape index (κ3) is 4.36. The van der Waals surface area contributed by atoms with Gasteiger partial charge in [-0.1, -0.05) is 0 Å². The van der Waals surface area contributed by atoms with Crippen molar-refractivity contribution >= 4 is 10.0 Å². The van der Waals surface area contributed by atoms with Crippen LogP contribution in [0.3, 0.4) is 0 Å². The lowest BCUT2D eigenvalue weighted by Crippen LogP contribution is -2.39. The van der Waals surface area contributed by atoms with E-state index in [9.17, 15) is 13.5 Å². The van der Waals surface area contributed by atoms with E-state index in [0.717, 1.165) is 12.8 Å². The van der Waals surface area contributed by atoms with E-state index < -0.39 is 16.1 Å². The summed E-state index contributed by atoms with van der Waals surface area (Å²) >= 11 is 0. The van der Waals surface area contributed by atoms with E-state index in [4.69, 9.17) is 4.74 Å². The van der Waals surface area contributed by atoms with Crippen LogP contribution in [-0.2, 0) is 10.0 Å². The minimum Gasteiger partial charge on any atom is -0.481 e. The molecule has 0 bridgehead atoms. The van der Waals surface area contributed by atoms with Gasteiger partial charge in [-0.05, 0) is 25.2 Å². The van der Waals surface area contributed by atoms with E-state index in [1.165, 1.54) is 24.0 Å². The molecule has 0 radical (unpaired) electrons. The predicted octanol–water partition coefficient (Wildman–Crippen LogP) is 0.580. The van der Waals surface area contributed by atoms with Crippen molar-refractivity contribution in [1.82, 2.24) is 14.3 Å². The van der Waals surface area contributed by atoms with E-state index >= 15 is 0 Å². The number of rotatable bonds is 5. The molecule has 7 nitrogen and oxygen atoms in total. The molecular formula is C13H21N3O4S. The van der Waals surface area contributed by atoms with Gasteiger partial charge in [-0.25, -0.2) is 22.7 Å². The number of ether oxygens (including phenoxy) is 1. The van der Waals surface area contributed by atoms with Crippen LogP contribution in [0.4, 0.5) is 0 Å². The SMILES string of the molecule is COc1cc(C(O)CC2CCCN(S(C)(=O)=O)C2)ncn1. The Labute approximate surface area is 125 Å². The van der Waals surface area contributed by atoms with Gasteiger partial charge in [0.2, 0.25) is 15.9 Å². The first-order valence-corrected chi connectivity index (χ1v) is 8.74. The summed E-state index contributed by atoms with van der Waals surface area (Å²) in [6, 6.07) is 1.60. The van der Waals surface area contributed by atoms with Crippen molar-refractivity contribution in [3.05, 3.63) is 18.1 Å². The molecule has 1 aromatic rings. The monoisotopic (exact) mass is 315 g/mol. The fourth-order valence-electron chi connectivity index (χ4n) is 2.60. The van der Waals surface area contributed by atoms with Crippen LogP contribution in [0.1, 0.15) is 31.1 Å². The van der Waals surface area contributed by atoms with Crippen LogP contribution < -0.4 is 4.74 Å². The molecule has 0 saturated carbocycles. The van der Waals surface area contributed by atoms with E-state index in [1.807, 2.05) is 0 Å². The molecule has 1 aliphatic heterocycles. The number of hydrogen-bond donors (Lipinski definition) is 1. The summed E-state index contributed by atoms with van der Waals surface area (Å²) in [6.07, 6.45) is 4.03. The van der Waals surface area contributed by atoms with Crippen LogP contribution >= 0.6 is 0 Å². The van der Waals surface area contributed by atoms with Crippen LogP contribution in [0, 0.1) is 5.92 Å². The molecule has 21 heavy (non-hydrogen) atoms. The van der Waals surface area contributed by atoms with Crippen LogP contribution in [0.15, 0.2) is 12.4 Å². The summed E-state index contributed by atoms with van der Waals surface area (Å²) in [7, 11) is -1.66. The molecule has 0 amide bonds. The highest BCUT2D eigenvalue weighted by molar-refractivity contribution is 7.88. The standard InChI is InChI=1S/C13H21N3O4S/c1-20-13-7-11(14-9-15-13)12(17)6-10-4-3-5-16(8-10)21(2,18)19/h7,9-10,12,17H,3-6,8H2,1-2H3. The zero-order valence-corrected chi connectivity index (χ0v) is 13.1. The summed E-state index contributed by atoms with van der Waals surface area (Å²) < 4.78 is 29.7. The van der Waals surface area contributed by atoms with E-state index in [-0.39, 0.29) is 5.92 Å². The van der Waals surface area contributed by atoms with Crippen LogP contribution in [0.5, 0.6) is 5.88 Å². The molecule has 1 aliphatic rings. The highest BCUT2D eigenvalue weighted by Crippen LogP contribution is 2.28. The normalized spacial score (nSPS) is 22.0. The van der Waals surface area contributed by atoms with Crippen LogP contribution in [0.2, 0.25) is 0 Å². The van der Waals surface area contributed by atoms with E-state index in [2.05, 4.69) is 9.97 Å². The van der Waals surface area contributed by atoms with Gasteiger partial charge in [-0.15, -0.1) is 0 Å². The minimum absolute atomic E-state index is 0.129. The Morgan fingerprint density at radius 3 is 2.95 bits per heavy atom. The predicted molar refractivity (Wildman–Crippen MR) is 77.3 cm³/mol. The topological polar surface area (TPSA) is 92.6 Å².